The fourth-order valence-corrected chi connectivity index (χ4v) is 2.56. The van der Waals surface area contributed by atoms with Crippen LogP contribution in [0.15, 0.2) is 46.9 Å². The second-order valence-corrected chi connectivity index (χ2v) is 5.61. The number of fused-ring (bicyclic) bond motifs is 1. The molecule has 0 unspecified atom stereocenters. The fraction of sp³-hybridized carbons (Fsp3) is 0.125. The lowest BCUT2D eigenvalue weighted by atomic mass is 10.1. The fourth-order valence-electron chi connectivity index (χ4n) is 2.22. The lowest BCUT2D eigenvalue weighted by molar-refractivity contribution is -0.121. The van der Waals surface area contributed by atoms with Crippen LogP contribution in [0.5, 0.6) is 5.75 Å². The van der Waals surface area contributed by atoms with E-state index < -0.39 is 0 Å². The maximum absolute atomic E-state index is 12.1. The van der Waals surface area contributed by atoms with Crippen molar-refractivity contribution in [1.82, 2.24) is 0 Å². The summed E-state index contributed by atoms with van der Waals surface area (Å²) in [5.74, 6) is 0.622. The SMILES string of the molecule is N#Cc1ccc(CN2C(=O)COc3ccc(Br)cc32)cc1. The lowest BCUT2D eigenvalue weighted by Crippen LogP contribution is -2.38. The highest BCUT2D eigenvalue weighted by Gasteiger charge is 2.25. The quantitative estimate of drug-likeness (QED) is 0.841. The number of carbonyl (C=O) groups is 1. The first kappa shape index (κ1) is 13.7. The Morgan fingerprint density at radius 3 is 2.71 bits per heavy atom. The second-order valence-electron chi connectivity index (χ2n) is 4.69. The van der Waals surface area contributed by atoms with Crippen molar-refractivity contribution in [3.05, 3.63) is 58.1 Å². The van der Waals surface area contributed by atoms with Gasteiger partial charge in [0.25, 0.3) is 5.91 Å². The number of anilines is 1. The van der Waals surface area contributed by atoms with Crippen LogP contribution in [-0.4, -0.2) is 12.5 Å². The molecular weight excluding hydrogens is 332 g/mol. The smallest absolute Gasteiger partial charge is 0.265 e. The van der Waals surface area contributed by atoms with Crippen molar-refractivity contribution in [3.8, 4) is 11.8 Å². The van der Waals surface area contributed by atoms with Crippen LogP contribution in [0, 0.1) is 11.3 Å². The molecular formula is C16H11BrN2O2. The van der Waals surface area contributed by atoms with Gasteiger partial charge in [-0.3, -0.25) is 4.79 Å². The zero-order valence-electron chi connectivity index (χ0n) is 11.0. The molecule has 0 fully saturated rings. The molecule has 4 nitrogen and oxygen atoms in total. The molecule has 0 bridgehead atoms. The van der Waals surface area contributed by atoms with Crippen molar-refractivity contribution in [2.24, 2.45) is 0 Å². The zero-order valence-corrected chi connectivity index (χ0v) is 12.6. The van der Waals surface area contributed by atoms with Gasteiger partial charge in [-0.2, -0.15) is 5.26 Å². The molecule has 1 aliphatic heterocycles. The maximum Gasteiger partial charge on any atom is 0.265 e. The van der Waals surface area contributed by atoms with E-state index in [0.29, 0.717) is 17.9 Å². The standard InChI is InChI=1S/C16H11BrN2O2/c17-13-5-6-15-14(7-13)19(16(20)10-21-15)9-12-3-1-11(8-18)2-4-12/h1-7H,9-10H2. The molecule has 0 saturated carbocycles. The normalized spacial score (nSPS) is 13.3. The average Bonchev–Trinajstić information content (AvgIpc) is 2.51. The highest BCUT2D eigenvalue weighted by Crippen LogP contribution is 2.35. The molecule has 0 aliphatic carbocycles. The Bertz CT molecular complexity index is 735. The molecule has 0 spiro atoms. The van der Waals surface area contributed by atoms with E-state index in [1.165, 1.54) is 0 Å². The van der Waals surface area contributed by atoms with Gasteiger partial charge in [-0.15, -0.1) is 0 Å². The van der Waals surface area contributed by atoms with Gasteiger partial charge in [0.2, 0.25) is 0 Å². The molecule has 3 rings (SSSR count). The number of hydrogen-bond donors (Lipinski definition) is 0. The largest absolute Gasteiger partial charge is 0.482 e. The predicted molar refractivity (Wildman–Crippen MR) is 82.0 cm³/mol. The van der Waals surface area contributed by atoms with Gasteiger partial charge in [-0.25, -0.2) is 0 Å². The van der Waals surface area contributed by atoms with Gasteiger partial charge in [0.15, 0.2) is 6.61 Å². The highest BCUT2D eigenvalue weighted by atomic mass is 79.9. The van der Waals surface area contributed by atoms with Gasteiger partial charge >= 0.3 is 0 Å². The minimum absolute atomic E-state index is 0.0465. The summed E-state index contributed by atoms with van der Waals surface area (Å²) < 4.78 is 6.33. The number of benzene rings is 2. The van der Waals surface area contributed by atoms with E-state index in [-0.39, 0.29) is 12.5 Å². The number of amides is 1. The van der Waals surface area contributed by atoms with Gasteiger partial charge in [0.05, 0.1) is 23.9 Å². The summed E-state index contributed by atoms with van der Waals surface area (Å²) in [6, 6.07) is 14.9. The number of halogens is 1. The summed E-state index contributed by atoms with van der Waals surface area (Å²) >= 11 is 3.41. The maximum atomic E-state index is 12.1. The number of rotatable bonds is 2. The van der Waals surface area contributed by atoms with Gasteiger partial charge < -0.3 is 9.64 Å². The summed E-state index contributed by atoms with van der Waals surface area (Å²) in [7, 11) is 0. The first-order chi connectivity index (χ1) is 10.2. The molecule has 0 saturated heterocycles. The molecule has 0 N–H and O–H groups in total. The Morgan fingerprint density at radius 1 is 1.24 bits per heavy atom. The van der Waals surface area contributed by atoms with E-state index >= 15 is 0 Å². The van der Waals surface area contributed by atoms with Gasteiger partial charge in [-0.1, -0.05) is 28.1 Å². The van der Waals surface area contributed by atoms with E-state index in [4.69, 9.17) is 10.00 Å². The van der Waals surface area contributed by atoms with Crippen LogP contribution >= 0.6 is 15.9 Å². The highest BCUT2D eigenvalue weighted by molar-refractivity contribution is 9.10. The van der Waals surface area contributed by atoms with E-state index in [1.54, 1.807) is 17.0 Å². The summed E-state index contributed by atoms with van der Waals surface area (Å²) in [5.41, 5.74) is 2.33. The van der Waals surface area contributed by atoms with Gasteiger partial charge in [0.1, 0.15) is 5.75 Å². The van der Waals surface area contributed by atoms with Crippen LogP contribution in [0.25, 0.3) is 0 Å². The number of hydrogen-bond acceptors (Lipinski definition) is 3. The summed E-state index contributed by atoms with van der Waals surface area (Å²) in [5, 5.41) is 8.82. The molecule has 0 aromatic heterocycles. The molecule has 0 radical (unpaired) electrons. The molecule has 5 heteroatoms. The van der Waals surface area contributed by atoms with E-state index in [9.17, 15) is 4.79 Å². The molecule has 104 valence electrons. The van der Waals surface area contributed by atoms with Crippen LogP contribution in [0.4, 0.5) is 5.69 Å². The molecule has 21 heavy (non-hydrogen) atoms. The van der Waals surface area contributed by atoms with Crippen molar-refractivity contribution in [3.63, 3.8) is 0 Å². The minimum Gasteiger partial charge on any atom is -0.482 e. The molecule has 1 aliphatic rings. The number of ether oxygens (including phenoxy) is 1. The van der Waals surface area contributed by atoms with E-state index in [1.807, 2.05) is 30.3 Å². The van der Waals surface area contributed by atoms with Crippen LogP contribution < -0.4 is 9.64 Å². The topological polar surface area (TPSA) is 53.3 Å². The molecule has 1 heterocycles. The predicted octanol–water partition coefficient (Wildman–Crippen LogP) is 3.25. The van der Waals surface area contributed by atoms with E-state index in [0.717, 1.165) is 15.7 Å². The van der Waals surface area contributed by atoms with Crippen molar-refractivity contribution in [1.29, 1.82) is 5.26 Å². The number of nitrogens with zero attached hydrogens (tertiary/aromatic N) is 2. The Balaban J connectivity index is 1.92. The second kappa shape index (κ2) is 5.58. The Morgan fingerprint density at radius 2 is 2.00 bits per heavy atom. The Labute approximate surface area is 130 Å². The third-order valence-corrected chi connectivity index (χ3v) is 3.78. The van der Waals surface area contributed by atoms with Crippen LogP contribution in [-0.2, 0) is 11.3 Å². The third-order valence-electron chi connectivity index (χ3n) is 3.29. The van der Waals surface area contributed by atoms with E-state index in [2.05, 4.69) is 22.0 Å². The average molecular weight is 343 g/mol. The first-order valence-corrected chi connectivity index (χ1v) is 7.18. The van der Waals surface area contributed by atoms with Crippen molar-refractivity contribution < 1.29 is 9.53 Å². The summed E-state index contributed by atoms with van der Waals surface area (Å²) in [6.45, 7) is 0.502. The van der Waals surface area contributed by atoms with Gasteiger partial charge in [0, 0.05) is 4.47 Å². The van der Waals surface area contributed by atoms with Crippen LogP contribution in [0.1, 0.15) is 11.1 Å². The van der Waals surface area contributed by atoms with Crippen molar-refractivity contribution in [2.45, 2.75) is 6.54 Å². The monoisotopic (exact) mass is 342 g/mol. The molecule has 2 aromatic rings. The Kier molecular flexibility index (Phi) is 3.63. The zero-order chi connectivity index (χ0) is 14.8. The summed E-state index contributed by atoms with van der Waals surface area (Å²) in [6.07, 6.45) is 0. The van der Waals surface area contributed by atoms with Crippen molar-refractivity contribution >= 4 is 27.5 Å². The van der Waals surface area contributed by atoms with Crippen LogP contribution in [0.3, 0.4) is 0 Å². The third kappa shape index (κ3) is 2.76. The molecule has 0 atom stereocenters. The lowest BCUT2D eigenvalue weighted by Gasteiger charge is -2.29. The first-order valence-electron chi connectivity index (χ1n) is 6.39. The van der Waals surface area contributed by atoms with Gasteiger partial charge in [-0.05, 0) is 35.9 Å². The van der Waals surface area contributed by atoms with Crippen molar-refractivity contribution in [2.75, 3.05) is 11.5 Å². The summed E-state index contributed by atoms with van der Waals surface area (Å²) in [4.78, 5) is 13.8. The van der Waals surface area contributed by atoms with Crippen LogP contribution in [0.2, 0.25) is 0 Å². The molecule has 1 amide bonds. The minimum atomic E-state index is -0.0787. The number of nitriles is 1. The number of carbonyl (C=O) groups excluding carboxylic acids is 1. The Hall–Kier alpha value is -2.32. The molecule has 2 aromatic carbocycles.